The molecule has 32 heavy (non-hydrogen) atoms. The second-order valence-corrected chi connectivity index (χ2v) is 10.6. The number of nitrogens with one attached hydrogen (secondary N) is 1. The van der Waals surface area contributed by atoms with E-state index in [2.05, 4.69) is 106 Å². The Hall–Kier alpha value is -2.60. The molecular weight excluding hydrogens is 416 g/mol. The predicted molar refractivity (Wildman–Crippen MR) is 133 cm³/mol. The van der Waals surface area contributed by atoms with Crippen LogP contribution in [-0.4, -0.2) is 32.5 Å². The Labute approximate surface area is 196 Å². The molecule has 0 aliphatic heterocycles. The maximum absolute atomic E-state index is 12.4. The summed E-state index contributed by atoms with van der Waals surface area (Å²) < 4.78 is 2.04. The van der Waals surface area contributed by atoms with E-state index in [0.29, 0.717) is 16.8 Å². The monoisotopic (exact) mass is 450 g/mol. The van der Waals surface area contributed by atoms with Crippen LogP contribution in [0.5, 0.6) is 0 Å². The van der Waals surface area contributed by atoms with E-state index in [1.807, 2.05) is 11.5 Å². The quantitative estimate of drug-likeness (QED) is 0.463. The maximum Gasteiger partial charge on any atom is 0.230 e. The molecule has 0 saturated carbocycles. The molecule has 170 valence electrons. The summed E-state index contributed by atoms with van der Waals surface area (Å²) in [5.41, 5.74) is 4.53. The number of aryl methyl sites for hydroxylation is 1. The highest BCUT2D eigenvalue weighted by molar-refractivity contribution is 7.99. The first-order valence-electron chi connectivity index (χ1n) is 11.1. The summed E-state index contributed by atoms with van der Waals surface area (Å²) in [6, 6.07) is 16.9. The predicted octanol–water partition coefficient (Wildman–Crippen LogP) is 5.79. The average Bonchev–Trinajstić information content (AvgIpc) is 3.16. The second kappa shape index (κ2) is 9.90. The van der Waals surface area contributed by atoms with Crippen LogP contribution in [-0.2, 0) is 10.2 Å². The van der Waals surface area contributed by atoms with Crippen molar-refractivity contribution in [1.29, 1.82) is 0 Å². The molecule has 0 aliphatic carbocycles. The molecule has 0 fully saturated rings. The van der Waals surface area contributed by atoms with Gasteiger partial charge in [0.05, 0.1) is 5.75 Å². The van der Waals surface area contributed by atoms with Crippen LogP contribution < -0.4 is 5.32 Å². The van der Waals surface area contributed by atoms with E-state index in [0.717, 1.165) is 17.1 Å². The van der Waals surface area contributed by atoms with Gasteiger partial charge in [-0.2, -0.15) is 0 Å². The number of hydrogen-bond donors (Lipinski definition) is 1. The van der Waals surface area contributed by atoms with E-state index in [-0.39, 0.29) is 17.4 Å². The molecule has 0 radical (unpaired) electrons. The van der Waals surface area contributed by atoms with Gasteiger partial charge in [-0.15, -0.1) is 10.2 Å². The molecule has 6 heteroatoms. The van der Waals surface area contributed by atoms with Crippen molar-refractivity contribution in [3.63, 3.8) is 0 Å². The third kappa shape index (κ3) is 5.80. The molecule has 3 aromatic rings. The third-order valence-electron chi connectivity index (χ3n) is 5.66. The van der Waals surface area contributed by atoms with Crippen LogP contribution in [0.1, 0.15) is 52.7 Å². The Morgan fingerprint density at radius 1 is 1.00 bits per heavy atom. The maximum atomic E-state index is 12.4. The van der Waals surface area contributed by atoms with Crippen molar-refractivity contribution in [2.24, 2.45) is 5.92 Å². The first kappa shape index (κ1) is 24.1. The fourth-order valence-electron chi connectivity index (χ4n) is 3.19. The molecular formula is C26H34N4OS. The van der Waals surface area contributed by atoms with Crippen molar-refractivity contribution >= 4 is 17.7 Å². The van der Waals surface area contributed by atoms with Gasteiger partial charge in [-0.25, -0.2) is 0 Å². The van der Waals surface area contributed by atoms with Gasteiger partial charge in [-0.1, -0.05) is 88.3 Å². The Bertz CT molecular complexity index is 1050. The number of benzene rings is 2. The first-order chi connectivity index (χ1) is 15.1. The highest BCUT2D eigenvalue weighted by Gasteiger charge is 2.19. The summed E-state index contributed by atoms with van der Waals surface area (Å²) >= 11 is 1.41. The second-order valence-electron chi connectivity index (χ2n) is 9.69. The molecule has 1 atom stereocenters. The summed E-state index contributed by atoms with van der Waals surface area (Å²) in [5.74, 6) is 1.46. The zero-order valence-electron chi connectivity index (χ0n) is 20.1. The van der Waals surface area contributed by atoms with Gasteiger partial charge in [0.1, 0.15) is 0 Å². The van der Waals surface area contributed by atoms with Crippen LogP contribution >= 0.6 is 11.8 Å². The lowest BCUT2D eigenvalue weighted by Gasteiger charge is -2.19. The van der Waals surface area contributed by atoms with E-state index in [1.54, 1.807) is 0 Å². The number of rotatable bonds is 7. The minimum absolute atomic E-state index is 0.00531. The van der Waals surface area contributed by atoms with Crippen molar-refractivity contribution in [3.8, 4) is 17.1 Å². The molecule has 0 bridgehead atoms. The molecule has 0 spiro atoms. The van der Waals surface area contributed by atoms with E-state index in [1.165, 1.54) is 22.9 Å². The Morgan fingerprint density at radius 2 is 1.62 bits per heavy atom. The van der Waals surface area contributed by atoms with Crippen LogP contribution in [0.3, 0.4) is 0 Å². The summed E-state index contributed by atoms with van der Waals surface area (Å²) in [6.45, 7) is 14.9. The molecule has 1 aromatic heterocycles. The fourth-order valence-corrected chi connectivity index (χ4v) is 3.95. The number of aromatic nitrogens is 3. The van der Waals surface area contributed by atoms with Gasteiger partial charge in [0.2, 0.25) is 5.91 Å². The van der Waals surface area contributed by atoms with Gasteiger partial charge >= 0.3 is 0 Å². The largest absolute Gasteiger partial charge is 0.353 e. The Balaban J connectivity index is 1.92. The van der Waals surface area contributed by atoms with Gasteiger partial charge < -0.3 is 5.32 Å². The number of thioether (sulfide) groups is 1. The van der Waals surface area contributed by atoms with Crippen molar-refractivity contribution in [3.05, 3.63) is 59.7 Å². The molecule has 1 N–H and O–H groups in total. The molecule has 1 heterocycles. The van der Waals surface area contributed by atoms with Crippen molar-refractivity contribution in [1.82, 2.24) is 20.1 Å². The molecule has 2 aromatic carbocycles. The molecule has 3 rings (SSSR count). The zero-order valence-corrected chi connectivity index (χ0v) is 21.0. The summed E-state index contributed by atoms with van der Waals surface area (Å²) in [4.78, 5) is 12.4. The van der Waals surface area contributed by atoms with Crippen molar-refractivity contribution in [2.45, 2.75) is 65.1 Å². The van der Waals surface area contributed by atoms with Gasteiger partial charge in [0, 0.05) is 17.3 Å². The van der Waals surface area contributed by atoms with Crippen LogP contribution in [0.2, 0.25) is 0 Å². The summed E-state index contributed by atoms with van der Waals surface area (Å²) in [5, 5.41) is 12.7. The lowest BCUT2D eigenvalue weighted by atomic mass is 9.87. The SMILES string of the molecule is Cc1ccc(-n2c(SCC(=O)NC(C)C(C)C)nnc2-c2ccc(C(C)(C)C)cc2)cc1. The summed E-state index contributed by atoms with van der Waals surface area (Å²) in [6.07, 6.45) is 0. The Kier molecular flexibility index (Phi) is 7.44. The standard InChI is InChI=1S/C26H34N4OS/c1-17(2)19(4)27-23(31)16-32-25-29-28-24(30(25)22-14-8-18(3)9-15-22)20-10-12-21(13-11-20)26(5,6)7/h8-15,17,19H,16H2,1-7H3,(H,27,31). The van der Waals surface area contributed by atoms with E-state index in [9.17, 15) is 4.79 Å². The number of carbonyl (C=O) groups excluding carboxylic acids is 1. The minimum atomic E-state index is 0.00531. The van der Waals surface area contributed by atoms with Crippen LogP contribution in [0.4, 0.5) is 0 Å². The van der Waals surface area contributed by atoms with Crippen LogP contribution in [0.25, 0.3) is 17.1 Å². The van der Waals surface area contributed by atoms with E-state index in [4.69, 9.17) is 0 Å². The average molecular weight is 451 g/mol. The lowest BCUT2D eigenvalue weighted by Crippen LogP contribution is -2.37. The third-order valence-corrected chi connectivity index (χ3v) is 6.58. The lowest BCUT2D eigenvalue weighted by molar-refractivity contribution is -0.119. The Morgan fingerprint density at radius 3 is 2.19 bits per heavy atom. The molecule has 0 aliphatic rings. The highest BCUT2D eigenvalue weighted by Crippen LogP contribution is 2.30. The summed E-state index contributed by atoms with van der Waals surface area (Å²) in [7, 11) is 0. The highest BCUT2D eigenvalue weighted by atomic mass is 32.2. The zero-order chi connectivity index (χ0) is 23.5. The smallest absolute Gasteiger partial charge is 0.230 e. The number of carbonyl (C=O) groups is 1. The van der Waals surface area contributed by atoms with Gasteiger partial charge in [-0.05, 0) is 42.9 Å². The van der Waals surface area contributed by atoms with Crippen molar-refractivity contribution in [2.75, 3.05) is 5.75 Å². The van der Waals surface area contributed by atoms with Gasteiger partial charge in [-0.3, -0.25) is 9.36 Å². The topological polar surface area (TPSA) is 59.8 Å². The van der Waals surface area contributed by atoms with Crippen LogP contribution in [0.15, 0.2) is 53.7 Å². The number of nitrogens with zero attached hydrogens (tertiary/aromatic N) is 3. The number of hydrogen-bond acceptors (Lipinski definition) is 4. The minimum Gasteiger partial charge on any atom is -0.353 e. The van der Waals surface area contributed by atoms with Crippen molar-refractivity contribution < 1.29 is 4.79 Å². The van der Waals surface area contributed by atoms with Crippen LogP contribution in [0, 0.1) is 12.8 Å². The molecule has 5 nitrogen and oxygen atoms in total. The number of amides is 1. The van der Waals surface area contributed by atoms with E-state index >= 15 is 0 Å². The van der Waals surface area contributed by atoms with E-state index < -0.39 is 0 Å². The van der Waals surface area contributed by atoms with Gasteiger partial charge in [0.25, 0.3) is 0 Å². The molecule has 1 amide bonds. The fraction of sp³-hybridized carbons (Fsp3) is 0.423. The normalized spacial score (nSPS) is 12.8. The first-order valence-corrected chi connectivity index (χ1v) is 12.1. The molecule has 0 saturated heterocycles. The molecule has 1 unspecified atom stereocenters. The van der Waals surface area contributed by atoms with Gasteiger partial charge in [0.15, 0.2) is 11.0 Å².